The molecule has 0 bridgehead atoms. The van der Waals surface area contributed by atoms with E-state index in [9.17, 15) is 0 Å². The molecule has 0 N–H and O–H groups in total. The second-order valence-electron chi connectivity index (χ2n) is 13.9. The Kier molecular flexibility index (Phi) is 6.92. The summed E-state index contributed by atoms with van der Waals surface area (Å²) in [6, 6.07) is 52.5. The highest BCUT2D eigenvalue weighted by Gasteiger charge is 2.21. The molecule has 0 fully saturated rings. The first kappa shape index (κ1) is 30.5. The topological polar surface area (TPSA) is 65.0 Å². The molecule has 10 aromatic rings. The maximum atomic E-state index is 6.61. The van der Waals surface area contributed by atoms with E-state index < -0.39 is 0 Å². The highest BCUT2D eigenvalue weighted by Crippen LogP contribution is 2.42. The number of rotatable bonds is 5. The second-order valence-corrected chi connectivity index (χ2v) is 13.9. The smallest absolute Gasteiger partial charge is 0.164 e. The van der Waals surface area contributed by atoms with Crippen molar-refractivity contribution in [2.75, 3.05) is 0 Å². The van der Waals surface area contributed by atoms with Gasteiger partial charge in [0.2, 0.25) is 0 Å². The summed E-state index contributed by atoms with van der Waals surface area (Å²) in [4.78, 5) is 15.4. The van der Waals surface area contributed by atoms with Gasteiger partial charge in [-0.25, -0.2) is 15.0 Å². The van der Waals surface area contributed by atoms with Gasteiger partial charge in [-0.3, -0.25) is 0 Å². The minimum atomic E-state index is 0.593. The molecule has 0 aliphatic heterocycles. The molecule has 0 unspecified atom stereocenters. The molecule has 1 aliphatic rings. The molecule has 0 saturated heterocycles. The predicted molar refractivity (Wildman–Crippen MR) is 219 cm³/mol. The zero-order valence-corrected chi connectivity index (χ0v) is 29.2. The number of aryl methyl sites for hydroxylation is 1. The molecule has 5 heteroatoms. The monoisotopic (exact) mass is 693 g/mol. The normalized spacial score (nSPS) is 12.6. The molecule has 11 rings (SSSR count). The average molecular weight is 694 g/mol. The summed E-state index contributed by atoms with van der Waals surface area (Å²) in [5, 5.41) is 5.47. The molecular weight excluding hydrogens is 663 g/mol. The van der Waals surface area contributed by atoms with E-state index in [1.165, 1.54) is 16.3 Å². The first-order valence-electron chi connectivity index (χ1n) is 18.3. The van der Waals surface area contributed by atoms with E-state index in [1.807, 2.05) is 18.2 Å². The summed E-state index contributed by atoms with van der Waals surface area (Å²) in [6.45, 7) is 0. The van der Waals surface area contributed by atoms with Crippen LogP contribution in [0.2, 0.25) is 0 Å². The summed E-state index contributed by atoms with van der Waals surface area (Å²) in [6.07, 6.45) is 6.27. The number of fused-ring (bicyclic) bond motifs is 7. The Morgan fingerprint density at radius 2 is 1.09 bits per heavy atom. The van der Waals surface area contributed by atoms with Crippen molar-refractivity contribution in [3.8, 4) is 56.4 Å². The molecule has 5 nitrogen and oxygen atoms in total. The summed E-state index contributed by atoms with van der Waals surface area (Å²) >= 11 is 0. The third-order valence-electron chi connectivity index (χ3n) is 10.6. The molecule has 254 valence electrons. The highest BCUT2D eigenvalue weighted by molar-refractivity contribution is 6.13. The fourth-order valence-electron chi connectivity index (χ4n) is 7.98. The van der Waals surface area contributed by atoms with Crippen molar-refractivity contribution in [2.45, 2.75) is 12.8 Å². The lowest BCUT2D eigenvalue weighted by Crippen LogP contribution is -2.00. The number of hydrogen-bond donors (Lipinski definition) is 0. The third-order valence-corrected chi connectivity index (χ3v) is 10.6. The SMILES string of the molecule is C1=Cc2oc3cccc(-c4ccc5c(c4)oc4cccc(-c6nc(-c7ccc(-c8ccccc8)cc7)nc(-c7ccc8ccccc8c7)n6)c45)c3c2CC1. The molecular formula is C49H31N3O2. The Bertz CT molecular complexity index is 3100. The van der Waals surface area contributed by atoms with Crippen molar-refractivity contribution in [2.24, 2.45) is 0 Å². The number of benzene rings is 7. The van der Waals surface area contributed by atoms with Crippen LogP contribution in [0.15, 0.2) is 167 Å². The lowest BCUT2D eigenvalue weighted by atomic mass is 9.94. The van der Waals surface area contributed by atoms with Gasteiger partial charge in [0.05, 0.1) is 0 Å². The molecule has 0 atom stereocenters. The zero-order valence-electron chi connectivity index (χ0n) is 29.2. The van der Waals surface area contributed by atoms with E-state index in [0.29, 0.717) is 17.5 Å². The standard InChI is InChI=1S/C49H31N3O2/c1-2-10-30(11-3-1)32-20-23-33(24-21-32)47-50-48(36-25-22-31-12-4-5-13-34(31)28-36)52-49(51-47)40-16-9-19-43-46(40)39-27-26-35(29-44(39)54-43)37-15-8-18-42-45(37)38-14-6-7-17-41(38)53-42/h1-5,7-13,15-29H,6,14H2. The van der Waals surface area contributed by atoms with Crippen molar-refractivity contribution in [1.29, 1.82) is 0 Å². The Hall–Kier alpha value is -7.11. The number of furan rings is 2. The van der Waals surface area contributed by atoms with Gasteiger partial charge >= 0.3 is 0 Å². The van der Waals surface area contributed by atoms with E-state index in [-0.39, 0.29) is 0 Å². The Morgan fingerprint density at radius 3 is 1.94 bits per heavy atom. The van der Waals surface area contributed by atoms with Crippen LogP contribution in [0.4, 0.5) is 0 Å². The molecule has 54 heavy (non-hydrogen) atoms. The molecule has 3 heterocycles. The number of hydrogen-bond acceptors (Lipinski definition) is 5. The summed E-state index contributed by atoms with van der Waals surface area (Å²) < 4.78 is 12.9. The molecule has 3 aromatic heterocycles. The summed E-state index contributed by atoms with van der Waals surface area (Å²) in [5.74, 6) is 2.79. The molecule has 0 radical (unpaired) electrons. The van der Waals surface area contributed by atoms with Crippen LogP contribution in [0.1, 0.15) is 17.7 Å². The van der Waals surface area contributed by atoms with Crippen LogP contribution in [-0.4, -0.2) is 15.0 Å². The van der Waals surface area contributed by atoms with Gasteiger partial charge in [-0.05, 0) is 82.3 Å². The van der Waals surface area contributed by atoms with Crippen molar-refractivity contribution < 1.29 is 8.83 Å². The molecule has 0 amide bonds. The quantitative estimate of drug-likeness (QED) is 0.179. The van der Waals surface area contributed by atoms with Crippen molar-refractivity contribution in [1.82, 2.24) is 15.0 Å². The van der Waals surface area contributed by atoms with Crippen LogP contribution in [-0.2, 0) is 6.42 Å². The fourth-order valence-corrected chi connectivity index (χ4v) is 7.98. The van der Waals surface area contributed by atoms with Gasteiger partial charge in [-0.2, -0.15) is 0 Å². The van der Waals surface area contributed by atoms with Crippen LogP contribution >= 0.6 is 0 Å². The first-order chi connectivity index (χ1) is 26.7. The van der Waals surface area contributed by atoms with Crippen molar-refractivity contribution >= 4 is 49.8 Å². The lowest BCUT2D eigenvalue weighted by molar-refractivity contribution is 0.595. The van der Waals surface area contributed by atoms with Crippen LogP contribution in [0, 0.1) is 0 Å². The van der Waals surface area contributed by atoms with E-state index in [0.717, 1.165) is 90.5 Å². The Morgan fingerprint density at radius 1 is 0.426 bits per heavy atom. The second kappa shape index (κ2) is 12.2. The molecule has 0 saturated carbocycles. The van der Waals surface area contributed by atoms with Gasteiger partial charge in [-0.1, -0.05) is 127 Å². The molecule has 7 aromatic carbocycles. The van der Waals surface area contributed by atoms with Gasteiger partial charge in [-0.15, -0.1) is 0 Å². The maximum absolute atomic E-state index is 6.61. The number of nitrogens with zero attached hydrogens (tertiary/aromatic N) is 3. The predicted octanol–water partition coefficient (Wildman–Crippen LogP) is 13.0. The number of allylic oxidation sites excluding steroid dienone is 1. The Labute approximate surface area is 310 Å². The van der Waals surface area contributed by atoms with Crippen LogP contribution < -0.4 is 0 Å². The minimum Gasteiger partial charge on any atom is -0.456 e. The first-order valence-corrected chi connectivity index (χ1v) is 18.3. The maximum Gasteiger partial charge on any atom is 0.164 e. The zero-order chi connectivity index (χ0) is 35.6. The largest absolute Gasteiger partial charge is 0.456 e. The van der Waals surface area contributed by atoms with E-state index >= 15 is 0 Å². The van der Waals surface area contributed by atoms with E-state index in [2.05, 4.69) is 146 Å². The van der Waals surface area contributed by atoms with Crippen LogP contribution in [0.3, 0.4) is 0 Å². The van der Waals surface area contributed by atoms with Crippen LogP contribution in [0.5, 0.6) is 0 Å². The van der Waals surface area contributed by atoms with Crippen LogP contribution in [0.25, 0.3) is 106 Å². The van der Waals surface area contributed by atoms with Crippen molar-refractivity contribution in [3.05, 3.63) is 169 Å². The third kappa shape index (κ3) is 5.05. The summed E-state index contributed by atoms with van der Waals surface area (Å²) in [5.41, 5.74) is 11.1. The van der Waals surface area contributed by atoms with Gasteiger partial charge in [0.25, 0.3) is 0 Å². The van der Waals surface area contributed by atoms with Crippen molar-refractivity contribution in [3.63, 3.8) is 0 Å². The fraction of sp³-hybridized carbons (Fsp3) is 0.0408. The van der Waals surface area contributed by atoms with E-state index in [1.54, 1.807) is 0 Å². The van der Waals surface area contributed by atoms with E-state index in [4.69, 9.17) is 23.8 Å². The lowest BCUT2D eigenvalue weighted by Gasteiger charge is -2.10. The average Bonchev–Trinajstić information content (AvgIpc) is 3.82. The van der Waals surface area contributed by atoms with Gasteiger partial charge in [0.15, 0.2) is 17.5 Å². The molecule has 1 aliphatic carbocycles. The van der Waals surface area contributed by atoms with Gasteiger partial charge < -0.3 is 8.83 Å². The van der Waals surface area contributed by atoms with Gasteiger partial charge in [0.1, 0.15) is 22.5 Å². The Balaban J connectivity index is 1.07. The van der Waals surface area contributed by atoms with Gasteiger partial charge in [0, 0.05) is 38.4 Å². The summed E-state index contributed by atoms with van der Waals surface area (Å²) in [7, 11) is 0. The molecule has 0 spiro atoms. The number of aromatic nitrogens is 3. The highest BCUT2D eigenvalue weighted by atomic mass is 16.3. The minimum absolute atomic E-state index is 0.593.